The summed E-state index contributed by atoms with van der Waals surface area (Å²) < 4.78 is 6.10. The van der Waals surface area contributed by atoms with E-state index in [1.54, 1.807) is 0 Å². The van der Waals surface area contributed by atoms with Crippen LogP contribution >= 0.6 is 0 Å². The van der Waals surface area contributed by atoms with Gasteiger partial charge in [0.2, 0.25) is 0 Å². The van der Waals surface area contributed by atoms with Crippen LogP contribution in [-0.4, -0.2) is 18.2 Å². The Morgan fingerprint density at radius 3 is 2.23 bits per heavy atom. The molecule has 1 aliphatic rings. The highest BCUT2D eigenvalue weighted by molar-refractivity contribution is 4.90. The van der Waals surface area contributed by atoms with E-state index in [9.17, 15) is 0 Å². The van der Waals surface area contributed by atoms with Crippen LogP contribution in [0.5, 0.6) is 0 Å². The van der Waals surface area contributed by atoms with Crippen molar-refractivity contribution in [2.45, 2.75) is 58.2 Å². The summed E-state index contributed by atoms with van der Waals surface area (Å²) in [6, 6.07) is 0. The van der Waals surface area contributed by atoms with E-state index in [4.69, 9.17) is 10.5 Å². The Balaban J connectivity index is 2.39. The minimum absolute atomic E-state index is 0.151. The van der Waals surface area contributed by atoms with E-state index in [1.165, 1.54) is 19.3 Å². The van der Waals surface area contributed by atoms with Gasteiger partial charge in [-0.15, -0.1) is 0 Å². The predicted molar refractivity (Wildman–Crippen MR) is 55.6 cm³/mol. The van der Waals surface area contributed by atoms with Crippen LogP contribution in [0.15, 0.2) is 0 Å². The van der Waals surface area contributed by atoms with Crippen LogP contribution in [0.3, 0.4) is 0 Å². The predicted octanol–water partition coefficient (Wildman–Crippen LogP) is 2.32. The summed E-state index contributed by atoms with van der Waals surface area (Å²) in [7, 11) is 0. The Bertz CT molecular complexity index is 152. The molecule has 1 saturated carbocycles. The van der Waals surface area contributed by atoms with Crippen LogP contribution < -0.4 is 5.73 Å². The molecule has 1 aliphatic carbocycles. The minimum Gasteiger partial charge on any atom is -0.372 e. The van der Waals surface area contributed by atoms with Crippen LogP contribution in [0.4, 0.5) is 0 Å². The molecule has 0 aromatic carbocycles. The van der Waals surface area contributed by atoms with Crippen LogP contribution in [-0.2, 0) is 4.74 Å². The normalized spacial score (nSPS) is 22.8. The van der Waals surface area contributed by atoms with Gasteiger partial charge in [-0.3, -0.25) is 0 Å². The molecule has 2 nitrogen and oxygen atoms in total. The van der Waals surface area contributed by atoms with Crippen molar-refractivity contribution in [2.75, 3.05) is 6.54 Å². The summed E-state index contributed by atoms with van der Waals surface area (Å²) in [4.78, 5) is 0. The third-order valence-corrected chi connectivity index (χ3v) is 3.24. The smallest absolute Gasteiger partial charge is 0.0698 e. The Morgan fingerprint density at radius 1 is 1.31 bits per heavy atom. The molecule has 0 saturated heterocycles. The number of rotatable bonds is 5. The third kappa shape index (κ3) is 2.68. The molecule has 0 heterocycles. The van der Waals surface area contributed by atoms with Gasteiger partial charge in [-0.2, -0.15) is 0 Å². The first-order valence-electron chi connectivity index (χ1n) is 5.47. The second kappa shape index (κ2) is 4.43. The number of ether oxygens (including phenoxy) is 1. The van der Waals surface area contributed by atoms with Crippen molar-refractivity contribution < 1.29 is 4.74 Å². The van der Waals surface area contributed by atoms with Crippen molar-refractivity contribution in [3.8, 4) is 0 Å². The van der Waals surface area contributed by atoms with E-state index in [-0.39, 0.29) is 5.60 Å². The van der Waals surface area contributed by atoms with Gasteiger partial charge in [0, 0.05) is 0 Å². The second-order valence-electron chi connectivity index (χ2n) is 4.64. The lowest BCUT2D eigenvalue weighted by Gasteiger charge is -2.44. The van der Waals surface area contributed by atoms with Crippen molar-refractivity contribution in [3.05, 3.63) is 0 Å². The van der Waals surface area contributed by atoms with Crippen molar-refractivity contribution in [1.82, 2.24) is 0 Å². The largest absolute Gasteiger partial charge is 0.372 e. The maximum absolute atomic E-state index is 6.10. The molecule has 0 amide bonds. The van der Waals surface area contributed by atoms with Crippen LogP contribution in [0, 0.1) is 5.92 Å². The molecule has 2 heteroatoms. The molecular formula is C11H23NO. The van der Waals surface area contributed by atoms with E-state index in [0.717, 1.165) is 13.0 Å². The number of hydrogen-bond acceptors (Lipinski definition) is 2. The van der Waals surface area contributed by atoms with Gasteiger partial charge in [-0.05, 0) is 45.1 Å². The van der Waals surface area contributed by atoms with E-state index in [0.29, 0.717) is 12.0 Å². The average molecular weight is 185 g/mol. The number of hydrogen-bond donors (Lipinski definition) is 1. The van der Waals surface area contributed by atoms with Gasteiger partial charge in [0.1, 0.15) is 0 Å². The molecule has 1 fully saturated rings. The van der Waals surface area contributed by atoms with Gasteiger partial charge in [0.25, 0.3) is 0 Å². The Labute approximate surface area is 81.8 Å². The molecule has 0 radical (unpaired) electrons. The molecule has 0 aromatic rings. The Kier molecular flexibility index (Phi) is 3.74. The molecule has 0 aromatic heterocycles. The van der Waals surface area contributed by atoms with Gasteiger partial charge in [-0.1, -0.05) is 13.8 Å². The number of nitrogens with two attached hydrogens (primary N) is 1. The molecule has 0 aliphatic heterocycles. The van der Waals surface area contributed by atoms with Crippen molar-refractivity contribution in [1.29, 1.82) is 0 Å². The van der Waals surface area contributed by atoms with E-state index < -0.39 is 0 Å². The third-order valence-electron chi connectivity index (χ3n) is 3.24. The fraction of sp³-hybridized carbons (Fsp3) is 1.00. The van der Waals surface area contributed by atoms with E-state index >= 15 is 0 Å². The van der Waals surface area contributed by atoms with Gasteiger partial charge >= 0.3 is 0 Å². The summed E-state index contributed by atoms with van der Waals surface area (Å²) in [6.07, 6.45) is 5.13. The molecule has 1 rings (SSSR count). The SMILES string of the molecule is CC(C)C(C)OC1(CCN)CCC1. The van der Waals surface area contributed by atoms with Crippen LogP contribution in [0.1, 0.15) is 46.5 Å². The molecule has 1 unspecified atom stereocenters. The van der Waals surface area contributed by atoms with Gasteiger partial charge in [0.05, 0.1) is 11.7 Å². The first kappa shape index (κ1) is 11.0. The van der Waals surface area contributed by atoms with Gasteiger partial charge in [0.15, 0.2) is 0 Å². The summed E-state index contributed by atoms with van der Waals surface area (Å²) in [5.74, 6) is 0.607. The zero-order valence-corrected chi connectivity index (χ0v) is 9.18. The lowest BCUT2D eigenvalue weighted by Crippen LogP contribution is -2.45. The Hall–Kier alpha value is -0.0800. The average Bonchev–Trinajstić information content (AvgIpc) is 2.00. The first-order chi connectivity index (χ1) is 6.09. The molecular weight excluding hydrogens is 162 g/mol. The summed E-state index contributed by atoms with van der Waals surface area (Å²) in [6.45, 7) is 7.34. The standard InChI is InChI=1S/C11H23NO/c1-9(2)10(3)13-11(7-8-12)5-4-6-11/h9-10H,4-8,12H2,1-3H3. The molecule has 1 atom stereocenters. The highest BCUT2D eigenvalue weighted by Gasteiger charge is 2.38. The molecule has 0 spiro atoms. The molecule has 13 heavy (non-hydrogen) atoms. The Morgan fingerprint density at radius 2 is 1.92 bits per heavy atom. The monoisotopic (exact) mass is 185 g/mol. The quantitative estimate of drug-likeness (QED) is 0.713. The van der Waals surface area contributed by atoms with Crippen molar-refractivity contribution >= 4 is 0 Å². The lowest BCUT2D eigenvalue weighted by atomic mass is 9.77. The maximum Gasteiger partial charge on any atom is 0.0698 e. The molecule has 2 N–H and O–H groups in total. The first-order valence-corrected chi connectivity index (χ1v) is 5.47. The van der Waals surface area contributed by atoms with Gasteiger partial charge in [-0.25, -0.2) is 0 Å². The zero-order valence-electron chi connectivity index (χ0n) is 9.18. The maximum atomic E-state index is 6.10. The van der Waals surface area contributed by atoms with Gasteiger partial charge < -0.3 is 10.5 Å². The minimum atomic E-state index is 0.151. The zero-order chi connectivity index (χ0) is 9.90. The van der Waals surface area contributed by atoms with E-state index in [2.05, 4.69) is 20.8 Å². The van der Waals surface area contributed by atoms with Crippen LogP contribution in [0.25, 0.3) is 0 Å². The lowest BCUT2D eigenvalue weighted by molar-refractivity contribution is -0.148. The fourth-order valence-corrected chi connectivity index (χ4v) is 1.79. The van der Waals surface area contributed by atoms with Crippen molar-refractivity contribution in [2.24, 2.45) is 11.7 Å². The summed E-state index contributed by atoms with van der Waals surface area (Å²) in [5.41, 5.74) is 5.75. The fourth-order valence-electron chi connectivity index (χ4n) is 1.79. The summed E-state index contributed by atoms with van der Waals surface area (Å²) >= 11 is 0. The van der Waals surface area contributed by atoms with Crippen molar-refractivity contribution in [3.63, 3.8) is 0 Å². The van der Waals surface area contributed by atoms with Crippen LogP contribution in [0.2, 0.25) is 0 Å². The highest BCUT2D eigenvalue weighted by atomic mass is 16.5. The topological polar surface area (TPSA) is 35.2 Å². The summed E-state index contributed by atoms with van der Waals surface area (Å²) in [5, 5.41) is 0. The molecule has 78 valence electrons. The highest BCUT2D eigenvalue weighted by Crippen LogP contribution is 2.39. The molecule has 0 bridgehead atoms. The van der Waals surface area contributed by atoms with E-state index in [1.807, 2.05) is 0 Å². The second-order valence-corrected chi connectivity index (χ2v) is 4.64.